The maximum absolute atomic E-state index is 11.5. The maximum Gasteiger partial charge on any atom is 0.136 e. The molecule has 0 unspecified atom stereocenters. The van der Waals surface area contributed by atoms with Crippen molar-refractivity contribution in [3.05, 3.63) is 48.0 Å². The van der Waals surface area contributed by atoms with E-state index < -0.39 is 0 Å². The minimum Gasteiger partial charge on any atom is -0.299 e. The fraction of sp³-hybridized carbons (Fsp3) is 0.400. The Balaban J connectivity index is 2.34. The van der Waals surface area contributed by atoms with E-state index in [4.69, 9.17) is 0 Å². The van der Waals surface area contributed by atoms with Gasteiger partial charge in [-0.25, -0.2) is 0 Å². The average Bonchev–Trinajstić information content (AvgIpc) is 2.27. The molecule has 0 saturated heterocycles. The van der Waals surface area contributed by atoms with Gasteiger partial charge in [0.15, 0.2) is 0 Å². The average molecular weight is 216 g/mol. The van der Waals surface area contributed by atoms with Gasteiger partial charge < -0.3 is 0 Å². The van der Waals surface area contributed by atoms with Gasteiger partial charge in [-0.3, -0.25) is 4.79 Å². The third kappa shape index (κ3) is 4.92. The number of ketones is 1. The van der Waals surface area contributed by atoms with Gasteiger partial charge in [-0.2, -0.15) is 0 Å². The molecule has 16 heavy (non-hydrogen) atoms. The van der Waals surface area contributed by atoms with Crippen molar-refractivity contribution in [2.75, 3.05) is 0 Å². The van der Waals surface area contributed by atoms with E-state index in [1.807, 2.05) is 18.2 Å². The lowest BCUT2D eigenvalue weighted by molar-refractivity contribution is -0.118. The number of unbranched alkanes of at least 4 members (excludes halogenated alkanes) is 1. The Labute approximate surface area is 98.2 Å². The Morgan fingerprint density at radius 2 is 1.94 bits per heavy atom. The molecule has 0 atom stereocenters. The second-order valence-electron chi connectivity index (χ2n) is 4.23. The van der Waals surface area contributed by atoms with Crippen molar-refractivity contribution in [2.24, 2.45) is 0 Å². The second-order valence-corrected chi connectivity index (χ2v) is 4.23. The second kappa shape index (κ2) is 7.00. The van der Waals surface area contributed by atoms with Gasteiger partial charge in [0.1, 0.15) is 5.78 Å². The predicted octanol–water partition coefficient (Wildman–Crippen LogP) is 3.93. The lowest BCUT2D eigenvalue weighted by atomic mass is 10.00. The molecule has 0 fully saturated rings. The third-order valence-corrected chi connectivity index (χ3v) is 2.55. The zero-order chi connectivity index (χ0) is 11.8. The summed E-state index contributed by atoms with van der Waals surface area (Å²) in [5, 5.41) is 0. The van der Waals surface area contributed by atoms with Gasteiger partial charge in [-0.15, -0.1) is 0 Å². The first-order valence-corrected chi connectivity index (χ1v) is 5.94. The molecule has 0 aliphatic rings. The van der Waals surface area contributed by atoms with Crippen LogP contribution in [0.5, 0.6) is 0 Å². The van der Waals surface area contributed by atoms with E-state index in [-0.39, 0.29) is 0 Å². The summed E-state index contributed by atoms with van der Waals surface area (Å²) in [6, 6.07) is 10.2. The zero-order valence-corrected chi connectivity index (χ0v) is 10.0. The van der Waals surface area contributed by atoms with E-state index in [2.05, 4.69) is 25.6 Å². The molecule has 0 radical (unpaired) electrons. The topological polar surface area (TPSA) is 17.1 Å². The van der Waals surface area contributed by atoms with Gasteiger partial charge >= 0.3 is 0 Å². The summed E-state index contributed by atoms with van der Waals surface area (Å²) in [6.07, 6.45) is 4.13. The number of rotatable bonds is 7. The molecule has 0 amide bonds. The number of carbonyl (C=O) groups excluding carboxylic acids is 1. The Morgan fingerprint density at radius 1 is 1.25 bits per heavy atom. The first-order valence-electron chi connectivity index (χ1n) is 5.94. The summed E-state index contributed by atoms with van der Waals surface area (Å²) in [6.45, 7) is 6.08. The van der Waals surface area contributed by atoms with E-state index in [1.54, 1.807) is 0 Å². The lowest BCUT2D eigenvalue weighted by Crippen LogP contribution is -2.01. The van der Waals surface area contributed by atoms with Crippen LogP contribution in [0.1, 0.15) is 38.2 Å². The number of hydrogen-bond donors (Lipinski definition) is 0. The van der Waals surface area contributed by atoms with Crippen molar-refractivity contribution < 1.29 is 4.79 Å². The van der Waals surface area contributed by atoms with Crippen LogP contribution in [-0.2, 0) is 11.2 Å². The molecule has 1 rings (SSSR count). The highest BCUT2D eigenvalue weighted by molar-refractivity contribution is 5.80. The molecular weight excluding hydrogens is 196 g/mol. The molecule has 0 spiro atoms. The van der Waals surface area contributed by atoms with Crippen LogP contribution in [0.3, 0.4) is 0 Å². The first kappa shape index (κ1) is 12.7. The summed E-state index contributed by atoms with van der Waals surface area (Å²) in [5.74, 6) is 0.322. The molecule has 1 aromatic rings. The smallest absolute Gasteiger partial charge is 0.136 e. The SMILES string of the molecule is C=C(CC(=O)CCCC)Cc1ccccc1. The van der Waals surface area contributed by atoms with Crippen LogP contribution in [0, 0.1) is 0 Å². The molecule has 0 bridgehead atoms. The van der Waals surface area contributed by atoms with Crippen LogP contribution < -0.4 is 0 Å². The highest BCUT2D eigenvalue weighted by atomic mass is 16.1. The van der Waals surface area contributed by atoms with E-state index in [1.165, 1.54) is 5.56 Å². The van der Waals surface area contributed by atoms with Crippen molar-refractivity contribution in [1.82, 2.24) is 0 Å². The summed E-state index contributed by atoms with van der Waals surface area (Å²) in [5.41, 5.74) is 2.25. The fourth-order valence-corrected chi connectivity index (χ4v) is 1.69. The van der Waals surface area contributed by atoms with Crippen molar-refractivity contribution in [3.8, 4) is 0 Å². The standard InChI is InChI=1S/C15H20O/c1-3-4-10-15(16)12-13(2)11-14-8-6-5-7-9-14/h5-9H,2-4,10-12H2,1H3. The third-order valence-electron chi connectivity index (χ3n) is 2.55. The van der Waals surface area contributed by atoms with Gasteiger partial charge in [0.2, 0.25) is 0 Å². The van der Waals surface area contributed by atoms with Gasteiger partial charge in [0.25, 0.3) is 0 Å². The van der Waals surface area contributed by atoms with Crippen LogP contribution in [0.2, 0.25) is 0 Å². The predicted molar refractivity (Wildman–Crippen MR) is 68.4 cm³/mol. The minimum absolute atomic E-state index is 0.322. The number of benzene rings is 1. The Kier molecular flexibility index (Phi) is 5.55. The molecular formula is C15H20O. The highest BCUT2D eigenvalue weighted by Crippen LogP contribution is 2.11. The van der Waals surface area contributed by atoms with Crippen molar-refractivity contribution in [3.63, 3.8) is 0 Å². The van der Waals surface area contributed by atoms with E-state index in [9.17, 15) is 4.79 Å². The van der Waals surface area contributed by atoms with Crippen LogP contribution in [0.15, 0.2) is 42.5 Å². The Bertz CT molecular complexity index is 338. The molecule has 0 heterocycles. The molecule has 1 heteroatoms. The normalized spacial score (nSPS) is 10.1. The number of hydrogen-bond acceptors (Lipinski definition) is 1. The van der Waals surface area contributed by atoms with E-state index >= 15 is 0 Å². The van der Waals surface area contributed by atoms with Crippen LogP contribution in [0.25, 0.3) is 0 Å². The van der Waals surface area contributed by atoms with Crippen molar-refractivity contribution in [2.45, 2.75) is 39.0 Å². The minimum atomic E-state index is 0.322. The van der Waals surface area contributed by atoms with Gasteiger partial charge in [0.05, 0.1) is 0 Å². The molecule has 0 aliphatic heterocycles. The first-order chi connectivity index (χ1) is 7.72. The quantitative estimate of drug-likeness (QED) is 0.631. The van der Waals surface area contributed by atoms with Crippen LogP contribution in [-0.4, -0.2) is 5.78 Å². The Hall–Kier alpha value is -1.37. The van der Waals surface area contributed by atoms with Gasteiger partial charge in [-0.05, 0) is 18.4 Å². The number of carbonyl (C=O) groups is 1. The van der Waals surface area contributed by atoms with E-state index in [0.717, 1.165) is 24.8 Å². The maximum atomic E-state index is 11.5. The molecule has 0 saturated carbocycles. The van der Waals surface area contributed by atoms with E-state index in [0.29, 0.717) is 18.6 Å². The molecule has 86 valence electrons. The van der Waals surface area contributed by atoms with Crippen LogP contribution >= 0.6 is 0 Å². The monoisotopic (exact) mass is 216 g/mol. The van der Waals surface area contributed by atoms with Crippen LogP contribution in [0.4, 0.5) is 0 Å². The summed E-state index contributed by atoms with van der Waals surface area (Å²) < 4.78 is 0. The molecule has 0 aromatic heterocycles. The zero-order valence-electron chi connectivity index (χ0n) is 10.0. The van der Waals surface area contributed by atoms with Gasteiger partial charge in [-0.1, -0.05) is 55.8 Å². The van der Waals surface area contributed by atoms with Crippen molar-refractivity contribution >= 4 is 5.78 Å². The summed E-state index contributed by atoms with van der Waals surface area (Å²) in [7, 11) is 0. The summed E-state index contributed by atoms with van der Waals surface area (Å²) >= 11 is 0. The molecule has 0 aliphatic carbocycles. The van der Waals surface area contributed by atoms with Gasteiger partial charge in [0, 0.05) is 12.8 Å². The largest absolute Gasteiger partial charge is 0.299 e. The molecule has 1 aromatic carbocycles. The molecule has 1 nitrogen and oxygen atoms in total. The lowest BCUT2D eigenvalue weighted by Gasteiger charge is -2.05. The molecule has 0 N–H and O–H groups in total. The number of Topliss-reactive ketones (excluding diaryl/α,β-unsaturated/α-hetero) is 1. The summed E-state index contributed by atoms with van der Waals surface area (Å²) in [4.78, 5) is 11.5. The fourth-order valence-electron chi connectivity index (χ4n) is 1.69. The number of allylic oxidation sites excluding steroid dienone is 1. The Morgan fingerprint density at radius 3 is 2.56 bits per heavy atom. The van der Waals surface area contributed by atoms with Crippen molar-refractivity contribution in [1.29, 1.82) is 0 Å². The highest BCUT2D eigenvalue weighted by Gasteiger charge is 2.04.